The molecule has 0 spiro atoms. The standard InChI is InChI=1S/C19H15N3O3S/c1-13-7-8-15(12-20-13)18(23)22-21-11-14-4-2-5-16(10-14)25-19(24)17-6-3-9-26-17/h2-12H,1H3,(H,22,23)/b21-11-. The molecule has 0 radical (unpaired) electrons. The Morgan fingerprint density at radius 2 is 2.08 bits per heavy atom. The van der Waals surface area contributed by atoms with Crippen molar-refractivity contribution in [3.05, 3.63) is 81.8 Å². The van der Waals surface area contributed by atoms with Crippen molar-refractivity contribution in [2.75, 3.05) is 0 Å². The molecule has 0 fully saturated rings. The molecule has 0 aliphatic carbocycles. The molecule has 0 atom stereocenters. The van der Waals surface area contributed by atoms with Gasteiger partial charge in [0.05, 0.1) is 11.8 Å². The van der Waals surface area contributed by atoms with Crippen molar-refractivity contribution in [2.24, 2.45) is 5.10 Å². The number of aryl methyl sites for hydroxylation is 1. The maximum absolute atomic E-state index is 12.0. The van der Waals surface area contributed by atoms with E-state index in [1.807, 2.05) is 12.3 Å². The van der Waals surface area contributed by atoms with Crippen molar-refractivity contribution in [2.45, 2.75) is 6.92 Å². The van der Waals surface area contributed by atoms with Crippen LogP contribution in [0.15, 0.2) is 65.2 Å². The van der Waals surface area contributed by atoms with Crippen molar-refractivity contribution >= 4 is 29.4 Å². The van der Waals surface area contributed by atoms with Crippen LogP contribution in [0, 0.1) is 6.92 Å². The van der Waals surface area contributed by atoms with Crippen molar-refractivity contribution in [1.82, 2.24) is 10.4 Å². The van der Waals surface area contributed by atoms with Gasteiger partial charge < -0.3 is 4.74 Å². The number of amides is 1. The summed E-state index contributed by atoms with van der Waals surface area (Å²) in [6, 6.07) is 13.8. The molecule has 0 saturated carbocycles. The van der Waals surface area contributed by atoms with Crippen LogP contribution in [0.3, 0.4) is 0 Å². The molecular weight excluding hydrogens is 350 g/mol. The number of esters is 1. The van der Waals surface area contributed by atoms with Gasteiger partial charge in [0.25, 0.3) is 5.91 Å². The molecule has 2 aromatic heterocycles. The molecule has 0 bridgehead atoms. The minimum atomic E-state index is -0.408. The van der Waals surface area contributed by atoms with Crippen LogP contribution in [-0.4, -0.2) is 23.1 Å². The fourth-order valence-electron chi connectivity index (χ4n) is 2.04. The van der Waals surface area contributed by atoms with Crippen LogP contribution in [0.25, 0.3) is 0 Å². The number of nitrogens with zero attached hydrogens (tertiary/aromatic N) is 2. The van der Waals surface area contributed by atoms with Gasteiger partial charge in [-0.25, -0.2) is 10.2 Å². The summed E-state index contributed by atoms with van der Waals surface area (Å²) in [5, 5.41) is 5.73. The lowest BCUT2D eigenvalue weighted by molar-refractivity contribution is 0.0739. The highest BCUT2D eigenvalue weighted by atomic mass is 32.1. The second kappa shape index (κ2) is 8.17. The quantitative estimate of drug-likeness (QED) is 0.325. The molecule has 0 unspecified atom stereocenters. The number of pyridine rings is 1. The van der Waals surface area contributed by atoms with Gasteiger partial charge in [-0.3, -0.25) is 9.78 Å². The number of carbonyl (C=O) groups excluding carboxylic acids is 2. The zero-order valence-electron chi connectivity index (χ0n) is 13.9. The predicted molar refractivity (Wildman–Crippen MR) is 99.8 cm³/mol. The first kappa shape index (κ1) is 17.5. The number of thiophene rings is 1. The van der Waals surface area contributed by atoms with E-state index in [0.717, 1.165) is 5.69 Å². The second-order valence-corrected chi connectivity index (χ2v) is 6.27. The highest BCUT2D eigenvalue weighted by Gasteiger charge is 2.09. The topological polar surface area (TPSA) is 80.6 Å². The summed E-state index contributed by atoms with van der Waals surface area (Å²) >= 11 is 1.32. The zero-order valence-corrected chi connectivity index (χ0v) is 14.7. The number of hydrogen-bond donors (Lipinski definition) is 1. The largest absolute Gasteiger partial charge is 0.422 e. The number of hydrazone groups is 1. The molecule has 2 heterocycles. The summed E-state index contributed by atoms with van der Waals surface area (Å²) < 4.78 is 5.32. The molecule has 0 saturated heterocycles. The molecule has 1 N–H and O–H groups in total. The Balaban J connectivity index is 1.61. The maximum atomic E-state index is 12.0. The Labute approximate surface area is 154 Å². The minimum Gasteiger partial charge on any atom is -0.422 e. The van der Waals surface area contributed by atoms with E-state index in [-0.39, 0.29) is 5.91 Å². The summed E-state index contributed by atoms with van der Waals surface area (Å²) in [5.74, 6) is -0.357. The maximum Gasteiger partial charge on any atom is 0.353 e. The van der Waals surface area contributed by atoms with Gasteiger partial charge in [0.15, 0.2) is 0 Å². The zero-order chi connectivity index (χ0) is 18.4. The summed E-state index contributed by atoms with van der Waals surface area (Å²) in [4.78, 5) is 28.5. The second-order valence-electron chi connectivity index (χ2n) is 5.33. The Bertz CT molecular complexity index is 935. The SMILES string of the molecule is Cc1ccc(C(=O)N/N=C\c2cccc(OC(=O)c3cccs3)c2)cn1. The van der Waals surface area contributed by atoms with Gasteiger partial charge >= 0.3 is 5.97 Å². The normalized spacial score (nSPS) is 10.7. The van der Waals surface area contributed by atoms with E-state index < -0.39 is 5.97 Å². The lowest BCUT2D eigenvalue weighted by Gasteiger charge is -2.03. The highest BCUT2D eigenvalue weighted by molar-refractivity contribution is 7.12. The van der Waals surface area contributed by atoms with Crippen LogP contribution in [0.1, 0.15) is 31.3 Å². The van der Waals surface area contributed by atoms with Crippen LogP contribution in [0.2, 0.25) is 0 Å². The predicted octanol–water partition coefficient (Wildman–Crippen LogP) is 3.43. The van der Waals surface area contributed by atoms with E-state index >= 15 is 0 Å². The third-order valence-corrected chi connectivity index (χ3v) is 4.19. The van der Waals surface area contributed by atoms with Crippen LogP contribution in [0.4, 0.5) is 0 Å². The average molecular weight is 365 g/mol. The monoisotopic (exact) mass is 365 g/mol. The first-order chi connectivity index (χ1) is 12.6. The summed E-state index contributed by atoms with van der Waals surface area (Å²) in [7, 11) is 0. The lowest BCUT2D eigenvalue weighted by Crippen LogP contribution is -2.17. The van der Waals surface area contributed by atoms with Crippen molar-refractivity contribution in [3.63, 3.8) is 0 Å². The summed E-state index contributed by atoms with van der Waals surface area (Å²) in [6.45, 7) is 1.85. The van der Waals surface area contributed by atoms with Crippen molar-refractivity contribution in [3.8, 4) is 5.75 Å². The highest BCUT2D eigenvalue weighted by Crippen LogP contribution is 2.16. The number of nitrogens with one attached hydrogen (secondary N) is 1. The number of benzene rings is 1. The molecule has 7 heteroatoms. The van der Waals surface area contributed by atoms with Gasteiger partial charge in [0.2, 0.25) is 0 Å². The number of ether oxygens (including phenoxy) is 1. The Morgan fingerprint density at radius 3 is 2.81 bits per heavy atom. The van der Waals surface area contributed by atoms with Crippen LogP contribution in [0.5, 0.6) is 5.75 Å². The fraction of sp³-hybridized carbons (Fsp3) is 0.0526. The first-order valence-corrected chi connectivity index (χ1v) is 8.61. The van der Waals surface area contributed by atoms with Gasteiger partial charge in [-0.2, -0.15) is 5.10 Å². The van der Waals surface area contributed by atoms with E-state index in [1.165, 1.54) is 23.7 Å². The molecule has 1 aromatic carbocycles. The number of rotatable bonds is 5. The first-order valence-electron chi connectivity index (χ1n) is 7.73. The van der Waals surface area contributed by atoms with Gasteiger partial charge in [0, 0.05) is 11.9 Å². The van der Waals surface area contributed by atoms with Gasteiger partial charge in [0.1, 0.15) is 10.6 Å². The molecule has 0 aliphatic rings. The number of aromatic nitrogens is 1. The Morgan fingerprint density at radius 1 is 1.19 bits per heavy atom. The number of hydrogen-bond acceptors (Lipinski definition) is 6. The summed E-state index contributed by atoms with van der Waals surface area (Å²) in [6.07, 6.45) is 2.97. The van der Waals surface area contributed by atoms with E-state index in [4.69, 9.17) is 4.74 Å². The minimum absolute atomic E-state index is 0.353. The number of carbonyl (C=O) groups is 2. The van der Waals surface area contributed by atoms with Crippen LogP contribution < -0.4 is 10.2 Å². The van der Waals surface area contributed by atoms with Gasteiger partial charge in [-0.1, -0.05) is 18.2 Å². The molecule has 130 valence electrons. The molecule has 26 heavy (non-hydrogen) atoms. The Hall–Kier alpha value is -3.32. The average Bonchev–Trinajstić information content (AvgIpc) is 3.17. The molecule has 6 nitrogen and oxygen atoms in total. The lowest BCUT2D eigenvalue weighted by atomic mass is 10.2. The van der Waals surface area contributed by atoms with E-state index in [1.54, 1.807) is 48.5 Å². The van der Waals surface area contributed by atoms with Crippen molar-refractivity contribution < 1.29 is 14.3 Å². The van der Waals surface area contributed by atoms with Gasteiger partial charge in [-0.05, 0) is 48.2 Å². The molecule has 1 amide bonds. The molecule has 3 aromatic rings. The van der Waals surface area contributed by atoms with Crippen LogP contribution in [-0.2, 0) is 0 Å². The molecule has 3 rings (SSSR count). The third kappa shape index (κ3) is 4.61. The van der Waals surface area contributed by atoms with Crippen LogP contribution >= 0.6 is 11.3 Å². The van der Waals surface area contributed by atoms with E-state index in [0.29, 0.717) is 21.8 Å². The van der Waals surface area contributed by atoms with Crippen molar-refractivity contribution in [1.29, 1.82) is 0 Å². The molecular formula is C19H15N3O3S. The fourth-order valence-corrected chi connectivity index (χ4v) is 2.64. The smallest absolute Gasteiger partial charge is 0.353 e. The van der Waals surface area contributed by atoms with E-state index in [9.17, 15) is 9.59 Å². The van der Waals surface area contributed by atoms with Gasteiger partial charge in [-0.15, -0.1) is 11.3 Å². The van der Waals surface area contributed by atoms with E-state index in [2.05, 4.69) is 15.5 Å². The Kier molecular flexibility index (Phi) is 5.50. The summed E-state index contributed by atoms with van der Waals surface area (Å²) in [5.41, 5.74) is 4.37. The molecule has 0 aliphatic heterocycles. The third-order valence-electron chi connectivity index (χ3n) is 3.34.